The van der Waals surface area contributed by atoms with Crippen molar-refractivity contribution in [2.24, 2.45) is 0 Å². The third kappa shape index (κ3) is 2.35. The van der Waals surface area contributed by atoms with Gasteiger partial charge in [-0.2, -0.15) is 5.10 Å². The number of nitrogens with zero attached hydrogens (tertiary/aromatic N) is 2. The molecule has 0 aliphatic carbocycles. The second-order valence-corrected chi connectivity index (χ2v) is 5.38. The first kappa shape index (κ1) is 12.6. The molecule has 0 aliphatic heterocycles. The van der Waals surface area contributed by atoms with E-state index in [-0.39, 0.29) is 5.91 Å². The van der Waals surface area contributed by atoms with E-state index in [9.17, 15) is 4.79 Å². The van der Waals surface area contributed by atoms with E-state index in [1.54, 1.807) is 18.2 Å². The van der Waals surface area contributed by atoms with Crippen molar-refractivity contribution < 1.29 is 4.79 Å². The number of thiazole rings is 1. The van der Waals surface area contributed by atoms with Gasteiger partial charge in [-0.3, -0.25) is 9.89 Å². The monoisotopic (exact) mass is 287 g/mol. The molecule has 1 aromatic carbocycles. The van der Waals surface area contributed by atoms with E-state index < -0.39 is 0 Å². The summed E-state index contributed by atoms with van der Waals surface area (Å²) in [6, 6.07) is 7.12. The summed E-state index contributed by atoms with van der Waals surface area (Å²) in [5.74, 6) is 0.323. The largest absolute Gasteiger partial charge is 0.375 e. The number of amides is 1. The van der Waals surface area contributed by atoms with Crippen molar-refractivity contribution in [2.75, 3.05) is 11.1 Å². The number of carbonyl (C=O) groups excluding carboxylic acids is 1. The van der Waals surface area contributed by atoms with E-state index >= 15 is 0 Å². The average molecular weight is 287 g/mol. The van der Waals surface area contributed by atoms with E-state index in [4.69, 9.17) is 5.73 Å². The Labute approximate surface area is 119 Å². The molecule has 3 aromatic rings. The number of rotatable bonds is 3. The van der Waals surface area contributed by atoms with Crippen molar-refractivity contribution in [1.29, 1.82) is 0 Å². The fraction of sp³-hybridized carbons (Fsp3) is 0.154. The van der Waals surface area contributed by atoms with E-state index in [0.717, 1.165) is 22.3 Å². The summed E-state index contributed by atoms with van der Waals surface area (Å²) in [4.78, 5) is 16.3. The Bertz CT molecular complexity index is 776. The van der Waals surface area contributed by atoms with Crippen LogP contribution >= 0.6 is 11.3 Å². The number of aromatic amines is 1. The standard InChI is InChI=1S/C13H13N5OS/c1-2-8-6-11(18-17-8)16-12(19)7-3-4-9-10(5-7)20-13(14)15-9/h3-6H,2H2,1H3,(H2,14,15)(H2,16,17,18,19). The molecule has 0 unspecified atom stereocenters. The van der Waals surface area contributed by atoms with Gasteiger partial charge in [-0.15, -0.1) is 0 Å². The molecule has 0 saturated heterocycles. The summed E-state index contributed by atoms with van der Waals surface area (Å²) >= 11 is 1.36. The van der Waals surface area contributed by atoms with Gasteiger partial charge in [0.05, 0.1) is 10.2 Å². The zero-order chi connectivity index (χ0) is 14.1. The number of carbonyl (C=O) groups is 1. The lowest BCUT2D eigenvalue weighted by molar-refractivity contribution is 0.102. The molecule has 2 heterocycles. The summed E-state index contributed by atoms with van der Waals surface area (Å²) in [5, 5.41) is 10.1. The van der Waals surface area contributed by atoms with Gasteiger partial charge in [-0.25, -0.2) is 4.98 Å². The van der Waals surface area contributed by atoms with Crippen LogP contribution in [0.25, 0.3) is 10.2 Å². The summed E-state index contributed by atoms with van der Waals surface area (Å²) in [6.45, 7) is 2.02. The van der Waals surface area contributed by atoms with E-state index in [1.807, 2.05) is 13.0 Å². The molecule has 20 heavy (non-hydrogen) atoms. The van der Waals surface area contributed by atoms with Crippen molar-refractivity contribution in [2.45, 2.75) is 13.3 Å². The number of anilines is 2. The van der Waals surface area contributed by atoms with Crippen molar-refractivity contribution in [1.82, 2.24) is 15.2 Å². The van der Waals surface area contributed by atoms with Crippen LogP contribution in [0.15, 0.2) is 24.3 Å². The Morgan fingerprint density at radius 2 is 2.30 bits per heavy atom. The first-order valence-electron chi connectivity index (χ1n) is 6.17. The minimum Gasteiger partial charge on any atom is -0.375 e. The Kier molecular flexibility index (Phi) is 3.11. The van der Waals surface area contributed by atoms with Gasteiger partial charge in [0.15, 0.2) is 10.9 Å². The quantitative estimate of drug-likeness (QED) is 0.689. The Morgan fingerprint density at radius 1 is 1.45 bits per heavy atom. The molecule has 2 aromatic heterocycles. The van der Waals surface area contributed by atoms with Crippen LogP contribution in [0.4, 0.5) is 10.9 Å². The molecule has 0 radical (unpaired) electrons. The number of aryl methyl sites for hydroxylation is 1. The molecule has 7 heteroatoms. The highest BCUT2D eigenvalue weighted by Crippen LogP contribution is 2.24. The predicted molar refractivity (Wildman–Crippen MR) is 80.0 cm³/mol. The van der Waals surface area contributed by atoms with Crippen LogP contribution in [0.2, 0.25) is 0 Å². The number of aromatic nitrogens is 3. The molecule has 1 amide bonds. The van der Waals surface area contributed by atoms with Crippen molar-refractivity contribution in [3.63, 3.8) is 0 Å². The number of H-pyrrole nitrogens is 1. The number of nitrogens with one attached hydrogen (secondary N) is 2. The van der Waals surface area contributed by atoms with Crippen LogP contribution in [-0.2, 0) is 6.42 Å². The van der Waals surface area contributed by atoms with Gasteiger partial charge in [-0.05, 0) is 24.6 Å². The molecule has 0 atom stereocenters. The third-order valence-corrected chi connectivity index (χ3v) is 3.77. The van der Waals surface area contributed by atoms with Gasteiger partial charge in [0.25, 0.3) is 5.91 Å². The van der Waals surface area contributed by atoms with Crippen molar-refractivity contribution >= 4 is 38.4 Å². The average Bonchev–Trinajstić information content (AvgIpc) is 3.02. The second kappa shape index (κ2) is 4.93. The van der Waals surface area contributed by atoms with Crippen molar-refractivity contribution in [3.05, 3.63) is 35.5 Å². The molecule has 3 rings (SSSR count). The van der Waals surface area contributed by atoms with Crippen LogP contribution in [-0.4, -0.2) is 21.1 Å². The lowest BCUT2D eigenvalue weighted by Gasteiger charge is -2.01. The van der Waals surface area contributed by atoms with Crippen LogP contribution in [0.1, 0.15) is 23.0 Å². The van der Waals surface area contributed by atoms with Gasteiger partial charge in [0.1, 0.15) is 0 Å². The van der Waals surface area contributed by atoms with Crippen molar-refractivity contribution in [3.8, 4) is 0 Å². The molecule has 6 nitrogen and oxygen atoms in total. The third-order valence-electron chi connectivity index (χ3n) is 2.92. The highest BCUT2D eigenvalue weighted by atomic mass is 32.1. The summed E-state index contributed by atoms with van der Waals surface area (Å²) < 4.78 is 0.895. The smallest absolute Gasteiger partial charge is 0.256 e. The number of fused-ring (bicyclic) bond motifs is 1. The summed E-state index contributed by atoms with van der Waals surface area (Å²) in [6.07, 6.45) is 0.842. The Balaban J connectivity index is 1.84. The maximum atomic E-state index is 12.2. The molecule has 102 valence electrons. The van der Waals surface area contributed by atoms with Crippen LogP contribution < -0.4 is 11.1 Å². The SMILES string of the molecule is CCc1cc(NC(=O)c2ccc3nc(N)sc3c2)n[nH]1. The number of nitrogens with two attached hydrogens (primary N) is 1. The topological polar surface area (TPSA) is 96.7 Å². The zero-order valence-corrected chi connectivity index (χ0v) is 11.6. The minimum atomic E-state index is -0.201. The highest BCUT2D eigenvalue weighted by Gasteiger charge is 2.10. The molecule has 0 saturated carbocycles. The lowest BCUT2D eigenvalue weighted by atomic mass is 10.2. The molecule has 0 bridgehead atoms. The molecule has 0 fully saturated rings. The van der Waals surface area contributed by atoms with Gasteiger partial charge in [0, 0.05) is 17.3 Å². The first-order valence-corrected chi connectivity index (χ1v) is 6.99. The maximum absolute atomic E-state index is 12.2. The van der Waals surface area contributed by atoms with E-state index in [1.165, 1.54) is 11.3 Å². The maximum Gasteiger partial charge on any atom is 0.256 e. The second-order valence-electron chi connectivity index (χ2n) is 4.32. The minimum absolute atomic E-state index is 0.201. The van der Waals surface area contributed by atoms with Gasteiger partial charge in [-0.1, -0.05) is 18.3 Å². The van der Waals surface area contributed by atoms with Gasteiger partial charge < -0.3 is 11.1 Å². The molecule has 4 N–H and O–H groups in total. The molecule has 0 aliphatic rings. The zero-order valence-electron chi connectivity index (χ0n) is 10.8. The lowest BCUT2D eigenvalue weighted by Crippen LogP contribution is -2.11. The number of hydrogen-bond acceptors (Lipinski definition) is 5. The number of benzene rings is 1. The Hall–Kier alpha value is -2.41. The van der Waals surface area contributed by atoms with Gasteiger partial charge >= 0.3 is 0 Å². The summed E-state index contributed by atoms with van der Waals surface area (Å²) in [5.41, 5.74) is 7.99. The molecular weight excluding hydrogens is 274 g/mol. The van der Waals surface area contributed by atoms with Crippen LogP contribution in [0.3, 0.4) is 0 Å². The fourth-order valence-electron chi connectivity index (χ4n) is 1.88. The number of nitrogen functional groups attached to an aromatic ring is 1. The van der Waals surface area contributed by atoms with Crippen LogP contribution in [0.5, 0.6) is 0 Å². The van der Waals surface area contributed by atoms with E-state index in [2.05, 4.69) is 20.5 Å². The van der Waals surface area contributed by atoms with Crippen LogP contribution in [0, 0.1) is 0 Å². The normalized spacial score (nSPS) is 10.8. The highest BCUT2D eigenvalue weighted by molar-refractivity contribution is 7.22. The first-order chi connectivity index (χ1) is 9.65. The van der Waals surface area contributed by atoms with E-state index in [0.29, 0.717) is 16.5 Å². The predicted octanol–water partition coefficient (Wildman–Crippen LogP) is 2.42. The fourth-order valence-corrected chi connectivity index (χ4v) is 2.65. The molecule has 0 spiro atoms. The summed E-state index contributed by atoms with van der Waals surface area (Å²) in [7, 11) is 0. The molecular formula is C13H13N5OS. The Morgan fingerprint density at radius 3 is 3.05 bits per heavy atom. The number of hydrogen-bond donors (Lipinski definition) is 3. The van der Waals surface area contributed by atoms with Gasteiger partial charge in [0.2, 0.25) is 0 Å².